The molecule has 0 fully saturated rings. The van der Waals surface area contributed by atoms with Crippen molar-refractivity contribution in [3.05, 3.63) is 12.7 Å². The lowest BCUT2D eigenvalue weighted by atomic mass is 10.1. The number of carbonyl (C=O) groups is 1. The van der Waals surface area contributed by atoms with Gasteiger partial charge in [-0.1, -0.05) is 19.9 Å². The Morgan fingerprint density at radius 2 is 2.12 bits per heavy atom. The van der Waals surface area contributed by atoms with Gasteiger partial charge in [0.25, 0.3) is 0 Å². The Morgan fingerprint density at radius 1 is 1.50 bits per heavy atom. The van der Waals surface area contributed by atoms with Gasteiger partial charge in [-0.3, -0.25) is 4.79 Å². The fraction of sp³-hybridized carbons (Fsp3) is 0.750. The predicted molar refractivity (Wildman–Crippen MR) is 64.1 cm³/mol. The Hall–Kier alpha value is -0.870. The molecule has 4 nitrogen and oxygen atoms in total. The summed E-state index contributed by atoms with van der Waals surface area (Å²) in [4.78, 5) is 11.5. The van der Waals surface area contributed by atoms with Crippen molar-refractivity contribution in [1.29, 1.82) is 0 Å². The highest BCUT2D eigenvalue weighted by Crippen LogP contribution is 1.99. The molecule has 0 spiro atoms. The lowest BCUT2D eigenvalue weighted by Gasteiger charge is -2.17. The first-order chi connectivity index (χ1) is 7.49. The van der Waals surface area contributed by atoms with Crippen molar-refractivity contribution in [2.24, 2.45) is 5.92 Å². The van der Waals surface area contributed by atoms with Crippen LogP contribution in [0.1, 0.15) is 27.2 Å². The van der Waals surface area contributed by atoms with Crippen LogP contribution in [-0.2, 0) is 9.53 Å². The Kier molecular flexibility index (Phi) is 7.85. The Bertz CT molecular complexity index is 216. The Morgan fingerprint density at radius 3 is 2.62 bits per heavy atom. The van der Waals surface area contributed by atoms with E-state index in [1.807, 2.05) is 13.8 Å². The van der Waals surface area contributed by atoms with E-state index in [0.717, 1.165) is 6.42 Å². The summed E-state index contributed by atoms with van der Waals surface area (Å²) < 4.78 is 5.27. The lowest BCUT2D eigenvalue weighted by Crippen LogP contribution is -2.40. The van der Waals surface area contributed by atoms with Gasteiger partial charge in [-0.15, -0.1) is 6.58 Å². The number of amides is 1. The van der Waals surface area contributed by atoms with Crippen molar-refractivity contribution in [1.82, 2.24) is 5.32 Å². The van der Waals surface area contributed by atoms with Crippen molar-refractivity contribution in [3.8, 4) is 0 Å². The summed E-state index contributed by atoms with van der Waals surface area (Å²) >= 11 is 0. The zero-order valence-corrected chi connectivity index (χ0v) is 10.4. The van der Waals surface area contributed by atoms with Gasteiger partial charge in [-0.25, -0.2) is 0 Å². The molecule has 0 radical (unpaired) electrons. The second kappa shape index (κ2) is 8.30. The van der Waals surface area contributed by atoms with Gasteiger partial charge < -0.3 is 15.2 Å². The number of aliphatic hydroxyl groups is 1. The zero-order valence-electron chi connectivity index (χ0n) is 10.4. The SMILES string of the molecule is C=CCCOC(C)C(=O)NCC(O)C(C)C. The third-order valence-corrected chi connectivity index (χ3v) is 2.31. The first-order valence-corrected chi connectivity index (χ1v) is 5.67. The molecular formula is C12H23NO3. The lowest BCUT2D eigenvalue weighted by molar-refractivity contribution is -0.132. The van der Waals surface area contributed by atoms with Crippen molar-refractivity contribution >= 4 is 5.91 Å². The summed E-state index contributed by atoms with van der Waals surface area (Å²) in [7, 11) is 0. The molecule has 2 atom stereocenters. The summed E-state index contributed by atoms with van der Waals surface area (Å²) in [6.45, 7) is 9.83. The number of carbonyl (C=O) groups excluding carboxylic acids is 1. The van der Waals surface area contributed by atoms with E-state index < -0.39 is 12.2 Å². The van der Waals surface area contributed by atoms with Crippen LogP contribution in [0.2, 0.25) is 0 Å². The van der Waals surface area contributed by atoms with Gasteiger partial charge in [0.05, 0.1) is 12.7 Å². The van der Waals surface area contributed by atoms with Crippen LogP contribution in [0, 0.1) is 5.92 Å². The number of rotatable bonds is 8. The van der Waals surface area contributed by atoms with Gasteiger partial charge >= 0.3 is 0 Å². The average Bonchev–Trinajstić information content (AvgIpc) is 2.25. The van der Waals surface area contributed by atoms with E-state index in [1.54, 1.807) is 13.0 Å². The van der Waals surface area contributed by atoms with Crippen molar-refractivity contribution in [2.45, 2.75) is 39.4 Å². The number of hydrogen-bond donors (Lipinski definition) is 2. The summed E-state index contributed by atoms with van der Waals surface area (Å²) in [5, 5.41) is 12.2. The molecule has 1 amide bonds. The van der Waals surface area contributed by atoms with Gasteiger partial charge in [-0.2, -0.15) is 0 Å². The smallest absolute Gasteiger partial charge is 0.248 e. The topological polar surface area (TPSA) is 58.6 Å². The maximum atomic E-state index is 11.5. The van der Waals surface area contributed by atoms with Crippen molar-refractivity contribution in [2.75, 3.05) is 13.2 Å². The van der Waals surface area contributed by atoms with Gasteiger partial charge in [-0.05, 0) is 19.3 Å². The third-order valence-electron chi connectivity index (χ3n) is 2.31. The molecule has 0 bridgehead atoms. The van der Waals surface area contributed by atoms with Crippen LogP contribution in [0.4, 0.5) is 0 Å². The van der Waals surface area contributed by atoms with E-state index >= 15 is 0 Å². The fourth-order valence-electron chi connectivity index (χ4n) is 0.988. The van der Waals surface area contributed by atoms with Gasteiger partial charge in [0.15, 0.2) is 0 Å². The van der Waals surface area contributed by atoms with E-state index in [4.69, 9.17) is 4.74 Å². The molecule has 2 unspecified atom stereocenters. The minimum atomic E-state index is -0.510. The molecule has 0 aliphatic carbocycles. The van der Waals surface area contributed by atoms with Gasteiger partial charge in [0.1, 0.15) is 6.10 Å². The van der Waals surface area contributed by atoms with Crippen LogP contribution in [0.3, 0.4) is 0 Å². The average molecular weight is 229 g/mol. The second-order valence-corrected chi connectivity index (χ2v) is 4.15. The summed E-state index contributed by atoms with van der Waals surface area (Å²) in [5.41, 5.74) is 0. The summed E-state index contributed by atoms with van der Waals surface area (Å²) in [5.74, 6) is -0.0546. The van der Waals surface area contributed by atoms with E-state index in [2.05, 4.69) is 11.9 Å². The largest absolute Gasteiger partial charge is 0.391 e. The molecule has 0 heterocycles. The molecule has 0 saturated heterocycles. The quantitative estimate of drug-likeness (QED) is 0.484. The zero-order chi connectivity index (χ0) is 12.6. The second-order valence-electron chi connectivity index (χ2n) is 4.15. The molecule has 0 aromatic heterocycles. The molecule has 0 aromatic carbocycles. The molecule has 0 aliphatic heterocycles. The van der Waals surface area contributed by atoms with E-state index in [9.17, 15) is 9.90 Å². The van der Waals surface area contributed by atoms with Crippen LogP contribution in [0.5, 0.6) is 0 Å². The third kappa shape index (κ3) is 6.58. The van der Waals surface area contributed by atoms with Gasteiger partial charge in [0, 0.05) is 6.54 Å². The fourth-order valence-corrected chi connectivity index (χ4v) is 0.988. The molecule has 0 saturated carbocycles. The van der Waals surface area contributed by atoms with E-state index in [0.29, 0.717) is 6.61 Å². The van der Waals surface area contributed by atoms with E-state index in [-0.39, 0.29) is 18.4 Å². The minimum Gasteiger partial charge on any atom is -0.391 e. The first kappa shape index (κ1) is 15.1. The number of aliphatic hydroxyl groups excluding tert-OH is 1. The van der Waals surface area contributed by atoms with Crippen molar-refractivity contribution in [3.63, 3.8) is 0 Å². The monoisotopic (exact) mass is 229 g/mol. The molecular weight excluding hydrogens is 206 g/mol. The minimum absolute atomic E-state index is 0.136. The Balaban J connectivity index is 3.74. The number of hydrogen-bond acceptors (Lipinski definition) is 3. The highest BCUT2D eigenvalue weighted by atomic mass is 16.5. The predicted octanol–water partition coefficient (Wildman–Crippen LogP) is 1.10. The summed E-state index contributed by atoms with van der Waals surface area (Å²) in [6, 6.07) is 0. The van der Waals surface area contributed by atoms with Crippen LogP contribution < -0.4 is 5.32 Å². The van der Waals surface area contributed by atoms with E-state index in [1.165, 1.54) is 0 Å². The maximum Gasteiger partial charge on any atom is 0.248 e. The number of nitrogens with one attached hydrogen (secondary N) is 1. The molecule has 4 heteroatoms. The standard InChI is InChI=1S/C12H23NO3/c1-5-6-7-16-10(4)12(15)13-8-11(14)9(2)3/h5,9-11,14H,1,6-8H2,2-4H3,(H,13,15). The molecule has 0 aromatic rings. The molecule has 0 aliphatic rings. The van der Waals surface area contributed by atoms with Crippen LogP contribution in [0.15, 0.2) is 12.7 Å². The van der Waals surface area contributed by atoms with Gasteiger partial charge in [0.2, 0.25) is 5.91 Å². The summed E-state index contributed by atoms with van der Waals surface area (Å²) in [6.07, 6.45) is 1.47. The maximum absolute atomic E-state index is 11.5. The number of ether oxygens (including phenoxy) is 1. The molecule has 94 valence electrons. The highest BCUT2D eigenvalue weighted by Gasteiger charge is 2.15. The molecule has 0 rings (SSSR count). The molecule has 2 N–H and O–H groups in total. The highest BCUT2D eigenvalue weighted by molar-refractivity contribution is 5.80. The van der Waals surface area contributed by atoms with Crippen LogP contribution in [-0.4, -0.2) is 36.4 Å². The Labute approximate surface area is 97.7 Å². The molecule has 16 heavy (non-hydrogen) atoms. The van der Waals surface area contributed by atoms with Crippen LogP contribution in [0.25, 0.3) is 0 Å². The normalized spacial score (nSPS) is 14.6. The van der Waals surface area contributed by atoms with Crippen LogP contribution >= 0.6 is 0 Å². The first-order valence-electron chi connectivity index (χ1n) is 5.67. The van der Waals surface area contributed by atoms with Crippen molar-refractivity contribution < 1.29 is 14.6 Å².